The number of likely N-dealkylation sites (N-methyl/N-ethyl adjacent to an activating group) is 1. The van der Waals surface area contributed by atoms with Crippen molar-refractivity contribution in [2.45, 2.75) is 12.5 Å². The topological polar surface area (TPSA) is 54.0 Å². The number of nitrogens with zero attached hydrogens (tertiary/aromatic N) is 2. The van der Waals surface area contributed by atoms with Crippen molar-refractivity contribution in [3.63, 3.8) is 0 Å². The van der Waals surface area contributed by atoms with Crippen molar-refractivity contribution in [3.05, 3.63) is 58.6 Å². The van der Waals surface area contributed by atoms with Gasteiger partial charge >= 0.3 is 0 Å². The van der Waals surface area contributed by atoms with E-state index in [4.69, 9.17) is 21.1 Å². The number of amides is 1. The largest absolute Gasteiger partial charge is 0.489 e. The van der Waals surface area contributed by atoms with Gasteiger partial charge in [-0.3, -0.25) is 9.69 Å². The SMILES string of the molecule is CN1CCN(CC(NC(=O)c2cc(Cl)c3c(c2)OCCCO3)c2ccccc2)CC1. The van der Waals surface area contributed by atoms with Crippen LogP contribution in [0.2, 0.25) is 5.02 Å². The van der Waals surface area contributed by atoms with Crippen LogP contribution in [-0.4, -0.2) is 68.7 Å². The van der Waals surface area contributed by atoms with Gasteiger partial charge in [0.15, 0.2) is 11.5 Å². The lowest BCUT2D eigenvalue weighted by molar-refractivity contribution is 0.0907. The minimum atomic E-state index is -0.171. The molecule has 160 valence electrons. The van der Waals surface area contributed by atoms with Crippen LogP contribution >= 0.6 is 11.6 Å². The number of fused-ring (bicyclic) bond motifs is 1. The highest BCUT2D eigenvalue weighted by atomic mass is 35.5. The lowest BCUT2D eigenvalue weighted by Crippen LogP contribution is -2.47. The van der Waals surface area contributed by atoms with Gasteiger partial charge in [0.05, 0.1) is 24.3 Å². The Balaban J connectivity index is 1.53. The summed E-state index contributed by atoms with van der Waals surface area (Å²) in [4.78, 5) is 17.9. The van der Waals surface area contributed by atoms with Crippen molar-refractivity contribution >= 4 is 17.5 Å². The van der Waals surface area contributed by atoms with Gasteiger partial charge in [0.25, 0.3) is 5.91 Å². The summed E-state index contributed by atoms with van der Waals surface area (Å²) in [6.45, 7) is 5.92. The third-order valence-electron chi connectivity index (χ3n) is 5.61. The van der Waals surface area contributed by atoms with Crippen LogP contribution in [0.25, 0.3) is 0 Å². The van der Waals surface area contributed by atoms with E-state index in [1.165, 1.54) is 0 Å². The number of ether oxygens (including phenoxy) is 2. The molecule has 1 N–H and O–H groups in total. The zero-order valence-corrected chi connectivity index (χ0v) is 18.0. The van der Waals surface area contributed by atoms with Gasteiger partial charge in [-0.2, -0.15) is 0 Å². The Kier molecular flexibility index (Phi) is 6.77. The molecule has 1 amide bonds. The number of carbonyl (C=O) groups excluding carboxylic acids is 1. The predicted octanol–water partition coefficient (Wildman–Crippen LogP) is 3.22. The lowest BCUT2D eigenvalue weighted by atomic mass is 10.0. The van der Waals surface area contributed by atoms with Gasteiger partial charge in [0, 0.05) is 44.7 Å². The molecular weight excluding hydrogens is 402 g/mol. The number of benzene rings is 2. The molecule has 0 bridgehead atoms. The average Bonchev–Trinajstić information content (AvgIpc) is 3.01. The number of nitrogens with one attached hydrogen (secondary N) is 1. The Hall–Kier alpha value is -2.28. The summed E-state index contributed by atoms with van der Waals surface area (Å²) < 4.78 is 11.4. The minimum absolute atomic E-state index is 0.114. The minimum Gasteiger partial charge on any atom is -0.489 e. The first-order valence-electron chi connectivity index (χ1n) is 10.5. The Morgan fingerprint density at radius 1 is 1.10 bits per heavy atom. The summed E-state index contributed by atoms with van der Waals surface area (Å²) in [5, 5.41) is 3.61. The molecule has 2 aliphatic heterocycles. The Morgan fingerprint density at radius 2 is 1.83 bits per heavy atom. The quantitative estimate of drug-likeness (QED) is 0.790. The second-order valence-electron chi connectivity index (χ2n) is 7.88. The molecule has 2 aromatic rings. The van der Waals surface area contributed by atoms with Crippen LogP contribution in [0.1, 0.15) is 28.4 Å². The molecule has 4 rings (SSSR count). The molecular formula is C23H28ClN3O3. The lowest BCUT2D eigenvalue weighted by Gasteiger charge is -2.35. The fourth-order valence-electron chi connectivity index (χ4n) is 3.81. The Labute approximate surface area is 182 Å². The predicted molar refractivity (Wildman–Crippen MR) is 118 cm³/mol. The zero-order valence-electron chi connectivity index (χ0n) is 17.3. The highest BCUT2D eigenvalue weighted by Crippen LogP contribution is 2.38. The Bertz CT molecular complexity index is 869. The van der Waals surface area contributed by atoms with Gasteiger partial charge in [0.1, 0.15) is 0 Å². The fourth-order valence-corrected chi connectivity index (χ4v) is 4.08. The highest BCUT2D eigenvalue weighted by molar-refractivity contribution is 6.32. The summed E-state index contributed by atoms with van der Waals surface area (Å²) >= 11 is 6.39. The first-order valence-corrected chi connectivity index (χ1v) is 10.8. The maximum Gasteiger partial charge on any atom is 0.252 e. The third kappa shape index (κ3) is 5.06. The van der Waals surface area contributed by atoms with E-state index >= 15 is 0 Å². The zero-order chi connectivity index (χ0) is 20.9. The molecule has 7 heteroatoms. The maximum atomic E-state index is 13.2. The summed E-state index contributed by atoms with van der Waals surface area (Å²) in [5.41, 5.74) is 1.56. The van der Waals surface area contributed by atoms with Crippen molar-refractivity contribution in [1.82, 2.24) is 15.1 Å². The van der Waals surface area contributed by atoms with Gasteiger partial charge in [-0.15, -0.1) is 0 Å². The van der Waals surface area contributed by atoms with Crippen molar-refractivity contribution in [1.29, 1.82) is 0 Å². The number of hydrogen-bond donors (Lipinski definition) is 1. The van der Waals surface area contributed by atoms with Crippen LogP contribution < -0.4 is 14.8 Å². The number of halogens is 1. The van der Waals surface area contributed by atoms with Crippen LogP contribution in [0.3, 0.4) is 0 Å². The van der Waals surface area contributed by atoms with Crippen LogP contribution in [0, 0.1) is 0 Å². The van der Waals surface area contributed by atoms with E-state index in [1.54, 1.807) is 12.1 Å². The number of piperazine rings is 1. The van der Waals surface area contributed by atoms with Gasteiger partial charge in [-0.25, -0.2) is 0 Å². The van der Waals surface area contributed by atoms with Crippen LogP contribution in [0.15, 0.2) is 42.5 Å². The summed E-state index contributed by atoms with van der Waals surface area (Å²) in [7, 11) is 2.14. The normalized spacial score (nSPS) is 18.5. The van der Waals surface area contributed by atoms with E-state index < -0.39 is 0 Å². The smallest absolute Gasteiger partial charge is 0.252 e. The van der Waals surface area contributed by atoms with Gasteiger partial charge in [0.2, 0.25) is 0 Å². The number of rotatable bonds is 5. The molecule has 2 aromatic carbocycles. The molecule has 0 aromatic heterocycles. The van der Waals surface area contributed by atoms with E-state index in [9.17, 15) is 4.79 Å². The molecule has 1 unspecified atom stereocenters. The van der Waals surface area contributed by atoms with Crippen molar-refractivity contribution in [3.8, 4) is 11.5 Å². The van der Waals surface area contributed by atoms with Crippen molar-refractivity contribution in [2.24, 2.45) is 0 Å². The molecule has 1 saturated heterocycles. The van der Waals surface area contributed by atoms with E-state index in [0.29, 0.717) is 35.3 Å². The van der Waals surface area contributed by atoms with E-state index in [1.807, 2.05) is 18.2 Å². The second kappa shape index (κ2) is 9.69. The highest BCUT2D eigenvalue weighted by Gasteiger charge is 2.23. The Morgan fingerprint density at radius 3 is 2.60 bits per heavy atom. The van der Waals surface area contributed by atoms with Crippen molar-refractivity contribution in [2.75, 3.05) is 53.0 Å². The standard InChI is InChI=1S/C23H28ClN3O3/c1-26-8-10-27(11-9-26)16-20(17-6-3-2-4-7-17)25-23(28)18-14-19(24)22-21(15-18)29-12-5-13-30-22/h2-4,6-7,14-15,20H,5,8-13,16H2,1H3,(H,25,28). The van der Waals surface area contributed by atoms with E-state index in [2.05, 4.69) is 34.3 Å². The summed E-state index contributed by atoms with van der Waals surface area (Å²) in [5.74, 6) is 0.874. The molecule has 2 aliphatic rings. The summed E-state index contributed by atoms with van der Waals surface area (Å²) in [6, 6.07) is 13.4. The van der Waals surface area contributed by atoms with Gasteiger partial charge in [-0.1, -0.05) is 41.9 Å². The third-order valence-corrected chi connectivity index (χ3v) is 5.89. The average molecular weight is 430 g/mol. The second-order valence-corrected chi connectivity index (χ2v) is 8.28. The van der Waals surface area contributed by atoms with Crippen LogP contribution in [0.5, 0.6) is 11.5 Å². The van der Waals surface area contributed by atoms with Crippen LogP contribution in [-0.2, 0) is 0 Å². The van der Waals surface area contributed by atoms with E-state index in [-0.39, 0.29) is 11.9 Å². The van der Waals surface area contributed by atoms with Gasteiger partial charge in [-0.05, 0) is 24.7 Å². The van der Waals surface area contributed by atoms with Crippen molar-refractivity contribution < 1.29 is 14.3 Å². The molecule has 2 heterocycles. The maximum absolute atomic E-state index is 13.2. The molecule has 1 fully saturated rings. The van der Waals surface area contributed by atoms with Crippen LogP contribution in [0.4, 0.5) is 0 Å². The fraction of sp³-hybridized carbons (Fsp3) is 0.435. The van der Waals surface area contributed by atoms with Gasteiger partial charge < -0.3 is 19.7 Å². The first kappa shape index (κ1) is 21.0. The molecule has 1 atom stereocenters. The molecule has 0 spiro atoms. The number of hydrogen-bond acceptors (Lipinski definition) is 5. The van der Waals surface area contributed by atoms with E-state index in [0.717, 1.165) is 44.7 Å². The molecule has 0 radical (unpaired) electrons. The molecule has 0 aliphatic carbocycles. The first-order chi connectivity index (χ1) is 14.6. The molecule has 30 heavy (non-hydrogen) atoms. The number of carbonyl (C=O) groups is 1. The molecule has 6 nitrogen and oxygen atoms in total. The monoisotopic (exact) mass is 429 g/mol. The summed E-state index contributed by atoms with van der Waals surface area (Å²) in [6.07, 6.45) is 0.785. The molecule has 0 saturated carbocycles.